The van der Waals surface area contributed by atoms with Gasteiger partial charge in [0.2, 0.25) is 11.8 Å². The van der Waals surface area contributed by atoms with Gasteiger partial charge in [0.1, 0.15) is 5.75 Å². The number of carbonyl (C=O) groups excluding carboxylic acids is 3. The molecule has 0 N–H and O–H groups in total. The molecule has 2 aromatic rings. The van der Waals surface area contributed by atoms with Gasteiger partial charge < -0.3 is 4.74 Å². The van der Waals surface area contributed by atoms with E-state index in [1.807, 2.05) is 24.3 Å². The average molecular weight is 432 g/mol. The third-order valence-corrected chi connectivity index (χ3v) is 8.02. The maximum absolute atomic E-state index is 13.0. The number of ether oxygens (including phenoxy) is 1. The first kappa shape index (κ1) is 20.9. The number of anilines is 1. The summed E-state index contributed by atoms with van der Waals surface area (Å²) in [5, 5.41) is 0. The molecule has 2 aliphatic carbocycles. The van der Waals surface area contributed by atoms with Crippen molar-refractivity contribution in [1.82, 2.24) is 0 Å². The number of fused-ring (bicyclic) bond motifs is 5. The fraction of sp³-hybridized carbons (Fsp3) is 0.444. The predicted octanol–water partition coefficient (Wildman–Crippen LogP) is 5.13. The molecule has 2 saturated carbocycles. The van der Waals surface area contributed by atoms with Crippen LogP contribution in [0.1, 0.15) is 62.4 Å². The molecule has 2 aromatic carbocycles. The normalized spacial score (nSPS) is 26.5. The molecule has 3 fully saturated rings. The first-order chi connectivity index (χ1) is 15.3. The Labute approximate surface area is 188 Å². The van der Waals surface area contributed by atoms with Gasteiger partial charge in [0, 0.05) is 0 Å². The molecule has 4 atom stereocenters. The number of imide groups is 1. The zero-order valence-corrected chi connectivity index (χ0v) is 18.8. The summed E-state index contributed by atoms with van der Waals surface area (Å²) in [4.78, 5) is 39.9. The second-order valence-corrected chi connectivity index (χ2v) is 10.1. The van der Waals surface area contributed by atoms with E-state index in [-0.39, 0.29) is 29.1 Å². The van der Waals surface area contributed by atoms with Gasteiger partial charge in [0.05, 0.1) is 23.1 Å². The third-order valence-electron chi connectivity index (χ3n) is 8.02. The number of esters is 1. The van der Waals surface area contributed by atoms with Gasteiger partial charge in [-0.15, -0.1) is 0 Å². The molecule has 0 unspecified atom stereocenters. The molecule has 32 heavy (non-hydrogen) atoms. The summed E-state index contributed by atoms with van der Waals surface area (Å²) < 4.78 is 5.52. The van der Waals surface area contributed by atoms with Crippen molar-refractivity contribution < 1.29 is 19.1 Å². The highest BCUT2D eigenvalue weighted by molar-refractivity contribution is 6.22. The van der Waals surface area contributed by atoms with Crippen LogP contribution >= 0.6 is 0 Å². The lowest BCUT2D eigenvalue weighted by Crippen LogP contribution is -2.32. The van der Waals surface area contributed by atoms with Crippen LogP contribution in [0.3, 0.4) is 0 Å². The fourth-order valence-corrected chi connectivity index (χ4v) is 5.75. The molecule has 5 nitrogen and oxygen atoms in total. The van der Waals surface area contributed by atoms with Crippen LogP contribution in [0.5, 0.6) is 5.75 Å². The SMILES string of the molecule is CCC(C)(C)c1ccc(OC(=O)c2ccc(N3C(=O)[C@H]4[C@H]5CC[C@@H](C5)[C@@H]4C3=O)cc2)cc1. The molecule has 166 valence electrons. The largest absolute Gasteiger partial charge is 0.423 e. The molecule has 0 spiro atoms. The quantitative estimate of drug-likeness (QED) is 0.374. The van der Waals surface area contributed by atoms with Gasteiger partial charge in [-0.05, 0) is 84.9 Å². The van der Waals surface area contributed by atoms with Crippen molar-refractivity contribution >= 4 is 23.5 Å². The Hall–Kier alpha value is -2.95. The van der Waals surface area contributed by atoms with E-state index in [4.69, 9.17) is 4.74 Å². The van der Waals surface area contributed by atoms with Gasteiger partial charge in [-0.3, -0.25) is 14.5 Å². The van der Waals surface area contributed by atoms with Gasteiger partial charge in [0.25, 0.3) is 0 Å². The van der Waals surface area contributed by atoms with Crippen molar-refractivity contribution in [2.75, 3.05) is 4.90 Å². The number of carbonyl (C=O) groups is 3. The lowest BCUT2D eigenvalue weighted by atomic mass is 9.81. The highest BCUT2D eigenvalue weighted by Crippen LogP contribution is 2.56. The van der Waals surface area contributed by atoms with E-state index in [1.165, 1.54) is 10.5 Å². The lowest BCUT2D eigenvalue weighted by Gasteiger charge is -2.23. The Kier molecular flexibility index (Phi) is 4.95. The van der Waals surface area contributed by atoms with Crippen LogP contribution in [0.25, 0.3) is 0 Å². The van der Waals surface area contributed by atoms with Gasteiger partial charge >= 0.3 is 5.97 Å². The van der Waals surface area contributed by atoms with Crippen molar-refractivity contribution in [2.24, 2.45) is 23.7 Å². The van der Waals surface area contributed by atoms with Crippen LogP contribution in [0, 0.1) is 23.7 Å². The van der Waals surface area contributed by atoms with Crippen LogP contribution < -0.4 is 9.64 Å². The Morgan fingerprint density at radius 2 is 1.50 bits per heavy atom. The molecule has 5 rings (SSSR count). The summed E-state index contributed by atoms with van der Waals surface area (Å²) in [6.07, 6.45) is 4.15. The first-order valence-electron chi connectivity index (χ1n) is 11.6. The molecule has 2 bridgehead atoms. The molecule has 2 amide bonds. The Morgan fingerprint density at radius 1 is 0.938 bits per heavy atom. The topological polar surface area (TPSA) is 63.7 Å². The van der Waals surface area contributed by atoms with E-state index >= 15 is 0 Å². The van der Waals surface area contributed by atoms with Crippen molar-refractivity contribution in [3.63, 3.8) is 0 Å². The van der Waals surface area contributed by atoms with Crippen LogP contribution in [-0.2, 0) is 15.0 Å². The Morgan fingerprint density at radius 3 is 2.03 bits per heavy atom. The lowest BCUT2D eigenvalue weighted by molar-refractivity contribution is -0.123. The van der Waals surface area contributed by atoms with Crippen LogP contribution in [0.2, 0.25) is 0 Å². The van der Waals surface area contributed by atoms with Crippen molar-refractivity contribution in [1.29, 1.82) is 0 Å². The number of nitrogens with zero attached hydrogens (tertiary/aromatic N) is 1. The summed E-state index contributed by atoms with van der Waals surface area (Å²) in [6, 6.07) is 14.2. The number of hydrogen-bond acceptors (Lipinski definition) is 4. The second kappa shape index (κ2) is 7.58. The fourth-order valence-electron chi connectivity index (χ4n) is 5.75. The van der Waals surface area contributed by atoms with Crippen LogP contribution in [0.4, 0.5) is 5.69 Å². The number of amides is 2. The van der Waals surface area contributed by atoms with E-state index < -0.39 is 5.97 Å². The van der Waals surface area contributed by atoms with Crippen molar-refractivity contribution in [3.05, 3.63) is 59.7 Å². The molecular weight excluding hydrogens is 402 g/mol. The Balaban J connectivity index is 1.28. The molecule has 1 saturated heterocycles. The molecule has 1 aliphatic heterocycles. The summed E-state index contributed by atoms with van der Waals surface area (Å²) in [6.45, 7) is 6.52. The minimum absolute atomic E-state index is 0.0703. The van der Waals surface area contributed by atoms with E-state index in [2.05, 4.69) is 20.8 Å². The minimum atomic E-state index is -0.465. The van der Waals surface area contributed by atoms with E-state index in [9.17, 15) is 14.4 Å². The highest BCUT2D eigenvalue weighted by Gasteiger charge is 2.61. The first-order valence-corrected chi connectivity index (χ1v) is 11.6. The monoisotopic (exact) mass is 431 g/mol. The molecule has 0 aromatic heterocycles. The standard InChI is InChI=1S/C27H29NO4/c1-4-27(2,3)19-9-13-21(14-10-19)32-26(31)16-7-11-20(12-8-16)28-24(29)22-17-5-6-18(15-17)23(22)25(28)30/h7-14,17-18,22-23H,4-6,15H2,1-3H3/t17-,18-,22-,23-/m0/s1. The molecule has 0 radical (unpaired) electrons. The third kappa shape index (κ3) is 3.26. The summed E-state index contributed by atoms with van der Waals surface area (Å²) in [5.74, 6) is 0.300. The molecule has 3 aliphatic rings. The number of hydrogen-bond donors (Lipinski definition) is 0. The van der Waals surface area contributed by atoms with Gasteiger partial charge in [-0.25, -0.2) is 4.79 Å². The maximum Gasteiger partial charge on any atom is 0.343 e. The second-order valence-electron chi connectivity index (χ2n) is 10.1. The molecule has 1 heterocycles. The highest BCUT2D eigenvalue weighted by atomic mass is 16.5. The average Bonchev–Trinajstić information content (AvgIpc) is 3.48. The summed E-state index contributed by atoms with van der Waals surface area (Å²) >= 11 is 0. The van der Waals surface area contributed by atoms with Gasteiger partial charge in [0.15, 0.2) is 0 Å². The van der Waals surface area contributed by atoms with E-state index in [1.54, 1.807) is 24.3 Å². The van der Waals surface area contributed by atoms with Crippen molar-refractivity contribution in [3.8, 4) is 5.75 Å². The number of benzene rings is 2. The predicted molar refractivity (Wildman–Crippen MR) is 121 cm³/mol. The smallest absolute Gasteiger partial charge is 0.343 e. The summed E-state index contributed by atoms with van der Waals surface area (Å²) in [7, 11) is 0. The van der Waals surface area contributed by atoms with E-state index in [0.717, 1.165) is 25.7 Å². The number of rotatable bonds is 5. The van der Waals surface area contributed by atoms with Crippen LogP contribution in [-0.4, -0.2) is 17.8 Å². The minimum Gasteiger partial charge on any atom is -0.423 e. The van der Waals surface area contributed by atoms with Crippen LogP contribution in [0.15, 0.2) is 48.5 Å². The van der Waals surface area contributed by atoms with E-state index in [0.29, 0.717) is 28.8 Å². The Bertz CT molecular complexity index is 1040. The maximum atomic E-state index is 13.0. The summed E-state index contributed by atoms with van der Waals surface area (Å²) in [5.41, 5.74) is 2.19. The molecular formula is C27H29NO4. The van der Waals surface area contributed by atoms with Gasteiger partial charge in [-0.1, -0.05) is 32.9 Å². The van der Waals surface area contributed by atoms with Gasteiger partial charge in [-0.2, -0.15) is 0 Å². The molecule has 5 heteroatoms. The van der Waals surface area contributed by atoms with Crippen molar-refractivity contribution in [2.45, 2.75) is 51.9 Å². The zero-order valence-electron chi connectivity index (χ0n) is 18.8. The zero-order chi connectivity index (χ0) is 22.6.